The van der Waals surface area contributed by atoms with Gasteiger partial charge in [0.2, 0.25) is 0 Å². The van der Waals surface area contributed by atoms with Crippen LogP contribution in [-0.4, -0.2) is 31.6 Å². The molecule has 0 N–H and O–H groups in total. The van der Waals surface area contributed by atoms with Crippen molar-refractivity contribution < 1.29 is 18.3 Å². The molecule has 0 spiro atoms. The molecule has 0 amide bonds. The molecule has 0 aliphatic carbocycles. The molecule has 1 atom stereocenters. The molecule has 0 saturated heterocycles. The van der Waals surface area contributed by atoms with E-state index in [-0.39, 0.29) is 16.8 Å². The van der Waals surface area contributed by atoms with Gasteiger partial charge in [0.15, 0.2) is 0 Å². The lowest BCUT2D eigenvalue weighted by molar-refractivity contribution is -0.0497. The van der Waals surface area contributed by atoms with Crippen LogP contribution in [0.3, 0.4) is 0 Å². The van der Waals surface area contributed by atoms with Crippen molar-refractivity contribution in [2.75, 3.05) is 0 Å². The number of nitrogens with zero attached hydrogens (tertiary/aromatic N) is 5. The maximum Gasteiger partial charge on any atom is 0.387 e. The second-order valence-electron chi connectivity index (χ2n) is 5.03. The maximum atomic E-state index is 12.4. The van der Waals surface area contributed by atoms with Crippen molar-refractivity contribution in [1.82, 2.24) is 25.0 Å². The zero-order valence-electron chi connectivity index (χ0n) is 13.2. The fourth-order valence-corrected chi connectivity index (χ4v) is 2.25. The number of rotatable bonds is 6. The Hall–Kier alpha value is -2.52. The second-order valence-corrected chi connectivity index (χ2v) is 5.87. The maximum absolute atomic E-state index is 12.4. The zero-order valence-corrected chi connectivity index (χ0v) is 14.7. The molecule has 3 rings (SSSR count). The summed E-state index contributed by atoms with van der Waals surface area (Å²) in [6, 6.07) is 4.49. The summed E-state index contributed by atoms with van der Waals surface area (Å²) in [7, 11) is 0. The first-order chi connectivity index (χ1) is 12.4. The monoisotopic (exact) mass is 401 g/mol. The minimum atomic E-state index is -2.98. The van der Waals surface area contributed by atoms with Gasteiger partial charge in [0.1, 0.15) is 17.5 Å². The van der Waals surface area contributed by atoms with Gasteiger partial charge in [0.05, 0.1) is 34.3 Å². The number of benzene rings is 1. The summed E-state index contributed by atoms with van der Waals surface area (Å²) in [5.41, 5.74) is 0.925. The molecule has 2 aromatic heterocycles. The predicted molar refractivity (Wildman–Crippen MR) is 89.1 cm³/mol. The fourth-order valence-electron chi connectivity index (χ4n) is 1.99. The molecule has 3 aromatic rings. The highest BCUT2D eigenvalue weighted by Gasteiger charge is 2.15. The van der Waals surface area contributed by atoms with Crippen molar-refractivity contribution in [1.29, 1.82) is 0 Å². The van der Waals surface area contributed by atoms with Gasteiger partial charge in [-0.3, -0.25) is 0 Å². The van der Waals surface area contributed by atoms with Crippen LogP contribution in [0.5, 0.6) is 11.8 Å². The van der Waals surface area contributed by atoms with E-state index in [9.17, 15) is 8.78 Å². The third-order valence-electron chi connectivity index (χ3n) is 3.20. The predicted octanol–water partition coefficient (Wildman–Crippen LogP) is 4.11. The molecule has 0 fully saturated rings. The van der Waals surface area contributed by atoms with E-state index in [0.29, 0.717) is 16.4 Å². The van der Waals surface area contributed by atoms with E-state index in [4.69, 9.17) is 27.9 Å². The van der Waals surface area contributed by atoms with Gasteiger partial charge in [-0.2, -0.15) is 8.78 Å². The third kappa shape index (κ3) is 4.36. The minimum absolute atomic E-state index is 0.0611. The molecule has 0 radical (unpaired) electrons. The number of ether oxygens (including phenoxy) is 2. The summed E-state index contributed by atoms with van der Waals surface area (Å²) in [5.74, 6) is -0.157. The van der Waals surface area contributed by atoms with E-state index in [0.717, 1.165) is 0 Å². The van der Waals surface area contributed by atoms with E-state index < -0.39 is 12.7 Å². The molecule has 26 heavy (non-hydrogen) atoms. The number of halogens is 4. The first kappa shape index (κ1) is 18.3. The third-order valence-corrected chi connectivity index (χ3v) is 3.71. The first-order valence-electron chi connectivity index (χ1n) is 7.23. The van der Waals surface area contributed by atoms with Crippen LogP contribution in [0.1, 0.15) is 18.7 Å². The van der Waals surface area contributed by atoms with Gasteiger partial charge in [0, 0.05) is 6.07 Å². The topological polar surface area (TPSA) is 75.0 Å². The zero-order chi connectivity index (χ0) is 18.7. The van der Waals surface area contributed by atoms with Gasteiger partial charge in [0.25, 0.3) is 0 Å². The van der Waals surface area contributed by atoms with Crippen molar-refractivity contribution >= 4 is 23.2 Å². The van der Waals surface area contributed by atoms with E-state index >= 15 is 0 Å². The molecule has 1 aromatic carbocycles. The molecule has 7 nitrogen and oxygen atoms in total. The Balaban J connectivity index is 1.77. The summed E-state index contributed by atoms with van der Waals surface area (Å²) >= 11 is 11.6. The van der Waals surface area contributed by atoms with Crippen molar-refractivity contribution in [3.8, 4) is 17.4 Å². The summed E-state index contributed by atoms with van der Waals surface area (Å²) in [6.07, 6.45) is 3.89. The van der Waals surface area contributed by atoms with Gasteiger partial charge < -0.3 is 9.47 Å². The Morgan fingerprint density at radius 3 is 2.54 bits per heavy atom. The van der Waals surface area contributed by atoms with Crippen LogP contribution in [0.15, 0.2) is 36.8 Å². The fraction of sp³-hybridized carbons (Fsp3) is 0.200. The molecule has 0 saturated carbocycles. The lowest BCUT2D eigenvalue weighted by Crippen LogP contribution is -2.06. The van der Waals surface area contributed by atoms with Crippen molar-refractivity contribution in [3.05, 3.63) is 52.5 Å². The van der Waals surface area contributed by atoms with E-state index in [2.05, 4.69) is 25.0 Å². The van der Waals surface area contributed by atoms with Gasteiger partial charge in [-0.1, -0.05) is 28.4 Å². The smallest absolute Gasteiger partial charge is 0.387 e. The Kier molecular flexibility index (Phi) is 5.48. The largest absolute Gasteiger partial charge is 0.454 e. The number of alkyl halides is 2. The van der Waals surface area contributed by atoms with Crippen LogP contribution in [0.4, 0.5) is 8.78 Å². The highest BCUT2D eigenvalue weighted by molar-refractivity contribution is 6.32. The summed E-state index contributed by atoms with van der Waals surface area (Å²) in [6.45, 7) is -1.25. The molecule has 0 bridgehead atoms. The minimum Gasteiger partial charge on any atom is -0.454 e. The molecular formula is C15H11Cl2F2N5O2. The highest BCUT2D eigenvalue weighted by atomic mass is 35.5. The standard InChI is InChI=1S/C15H11Cl2F2N5O2/c1-8(25-15-20-5-9(16)6-21-15)12-7-24(23-22-12)10-2-3-11(17)13(4-10)26-14(18)19/h2-8,14H,1H3/t8-/m0/s1. The Morgan fingerprint density at radius 1 is 1.12 bits per heavy atom. The Bertz CT molecular complexity index is 892. The quantitative estimate of drug-likeness (QED) is 0.618. The molecule has 2 heterocycles. The van der Waals surface area contributed by atoms with E-state index in [1.54, 1.807) is 19.2 Å². The Morgan fingerprint density at radius 2 is 1.85 bits per heavy atom. The molecular weight excluding hydrogens is 391 g/mol. The number of hydrogen-bond donors (Lipinski definition) is 0. The normalized spacial score (nSPS) is 12.2. The van der Waals surface area contributed by atoms with Gasteiger partial charge >= 0.3 is 12.6 Å². The average molecular weight is 402 g/mol. The summed E-state index contributed by atoms with van der Waals surface area (Å²) in [4.78, 5) is 7.87. The number of aromatic nitrogens is 5. The van der Waals surface area contributed by atoms with Crippen LogP contribution in [0, 0.1) is 0 Å². The first-order valence-corrected chi connectivity index (χ1v) is 7.99. The van der Waals surface area contributed by atoms with E-state index in [1.807, 2.05) is 0 Å². The van der Waals surface area contributed by atoms with E-state index in [1.165, 1.54) is 29.2 Å². The average Bonchev–Trinajstić information content (AvgIpc) is 3.09. The number of hydrogen-bond acceptors (Lipinski definition) is 6. The molecule has 0 unspecified atom stereocenters. The van der Waals surface area contributed by atoms with Gasteiger partial charge in [-0.05, 0) is 19.1 Å². The van der Waals surface area contributed by atoms with Crippen LogP contribution in [-0.2, 0) is 0 Å². The molecule has 136 valence electrons. The lowest BCUT2D eigenvalue weighted by Gasteiger charge is -2.10. The van der Waals surface area contributed by atoms with Crippen molar-refractivity contribution in [2.45, 2.75) is 19.6 Å². The van der Waals surface area contributed by atoms with Crippen LogP contribution in [0.25, 0.3) is 5.69 Å². The summed E-state index contributed by atoms with van der Waals surface area (Å²) < 4.78 is 36.2. The molecule has 11 heteroatoms. The Labute approximate surface area is 156 Å². The summed E-state index contributed by atoms with van der Waals surface area (Å²) in [5, 5.41) is 8.41. The molecule has 0 aliphatic rings. The van der Waals surface area contributed by atoms with Crippen LogP contribution in [0.2, 0.25) is 10.0 Å². The molecule has 0 aliphatic heterocycles. The van der Waals surface area contributed by atoms with Gasteiger partial charge in [-0.25, -0.2) is 14.6 Å². The van der Waals surface area contributed by atoms with Crippen LogP contribution < -0.4 is 9.47 Å². The second kappa shape index (κ2) is 7.79. The van der Waals surface area contributed by atoms with Crippen molar-refractivity contribution in [3.63, 3.8) is 0 Å². The van der Waals surface area contributed by atoms with Gasteiger partial charge in [-0.15, -0.1) is 5.10 Å². The lowest BCUT2D eigenvalue weighted by atomic mass is 10.3. The SMILES string of the molecule is C[C@H](Oc1ncc(Cl)cn1)c1cn(-c2ccc(Cl)c(OC(F)F)c2)nn1. The van der Waals surface area contributed by atoms with Crippen molar-refractivity contribution in [2.24, 2.45) is 0 Å². The van der Waals surface area contributed by atoms with Crippen LogP contribution >= 0.6 is 23.2 Å². The highest BCUT2D eigenvalue weighted by Crippen LogP contribution is 2.28.